The number of piperidine rings is 1. The topological polar surface area (TPSA) is 38.3 Å². The van der Waals surface area contributed by atoms with E-state index in [1.54, 1.807) is 0 Å². The van der Waals surface area contributed by atoms with Gasteiger partial charge in [0.25, 0.3) is 0 Å². The summed E-state index contributed by atoms with van der Waals surface area (Å²) in [6.45, 7) is 4.16. The van der Waals surface area contributed by atoms with Gasteiger partial charge in [0.1, 0.15) is 6.61 Å². The van der Waals surface area contributed by atoms with Crippen LogP contribution in [0.15, 0.2) is 24.3 Å². The summed E-state index contributed by atoms with van der Waals surface area (Å²) in [5.74, 6) is -0.0687. The Kier molecular flexibility index (Phi) is 5.44. The van der Waals surface area contributed by atoms with Crippen LogP contribution in [0.5, 0.6) is 0 Å². The molecule has 1 aromatic rings. The van der Waals surface area contributed by atoms with E-state index in [1.165, 1.54) is 0 Å². The first-order valence-electron chi connectivity index (χ1n) is 7.29. The van der Waals surface area contributed by atoms with Crippen LogP contribution in [0.2, 0.25) is 5.02 Å². The van der Waals surface area contributed by atoms with E-state index in [2.05, 4.69) is 12.2 Å². The SMILES string of the molecule is CCCC1(C(=O)OCc2ccccc2Cl)CCNCC1. The van der Waals surface area contributed by atoms with Gasteiger partial charge >= 0.3 is 5.97 Å². The third kappa shape index (κ3) is 3.53. The van der Waals surface area contributed by atoms with Crippen molar-refractivity contribution < 1.29 is 9.53 Å². The lowest BCUT2D eigenvalue weighted by atomic mass is 9.75. The predicted octanol–water partition coefficient (Wildman–Crippen LogP) is 3.55. The largest absolute Gasteiger partial charge is 0.460 e. The van der Waals surface area contributed by atoms with Crippen molar-refractivity contribution in [2.45, 2.75) is 39.2 Å². The minimum atomic E-state index is -0.304. The summed E-state index contributed by atoms with van der Waals surface area (Å²) >= 11 is 6.09. The number of hydrogen-bond acceptors (Lipinski definition) is 3. The number of rotatable bonds is 5. The van der Waals surface area contributed by atoms with Crippen molar-refractivity contribution in [3.63, 3.8) is 0 Å². The van der Waals surface area contributed by atoms with Crippen LogP contribution in [0.25, 0.3) is 0 Å². The molecular formula is C16H22ClNO2. The number of hydrogen-bond donors (Lipinski definition) is 1. The molecule has 0 aliphatic carbocycles. The Morgan fingerprint density at radius 2 is 2.05 bits per heavy atom. The van der Waals surface area contributed by atoms with E-state index in [9.17, 15) is 4.79 Å². The average molecular weight is 296 g/mol. The fourth-order valence-electron chi connectivity index (χ4n) is 2.85. The van der Waals surface area contributed by atoms with Crippen LogP contribution in [0.4, 0.5) is 0 Å². The molecule has 0 atom stereocenters. The normalized spacial score (nSPS) is 17.7. The maximum Gasteiger partial charge on any atom is 0.312 e. The van der Waals surface area contributed by atoms with Crippen LogP contribution < -0.4 is 5.32 Å². The van der Waals surface area contributed by atoms with Crippen molar-refractivity contribution in [2.75, 3.05) is 13.1 Å². The molecule has 20 heavy (non-hydrogen) atoms. The van der Waals surface area contributed by atoms with Gasteiger partial charge < -0.3 is 10.1 Å². The Hall–Kier alpha value is -1.06. The molecule has 0 bridgehead atoms. The fraction of sp³-hybridized carbons (Fsp3) is 0.562. The second-order valence-electron chi connectivity index (χ2n) is 5.45. The zero-order valence-corrected chi connectivity index (χ0v) is 12.7. The van der Waals surface area contributed by atoms with E-state index >= 15 is 0 Å². The molecule has 0 amide bonds. The third-order valence-electron chi connectivity index (χ3n) is 4.04. The molecule has 1 saturated heterocycles. The van der Waals surface area contributed by atoms with E-state index in [4.69, 9.17) is 16.3 Å². The minimum absolute atomic E-state index is 0.0687. The summed E-state index contributed by atoms with van der Waals surface area (Å²) < 4.78 is 5.55. The molecule has 1 aliphatic rings. The van der Waals surface area contributed by atoms with Crippen LogP contribution >= 0.6 is 11.6 Å². The number of carbonyl (C=O) groups is 1. The Morgan fingerprint density at radius 3 is 2.70 bits per heavy atom. The fourth-order valence-corrected chi connectivity index (χ4v) is 3.04. The van der Waals surface area contributed by atoms with Crippen molar-refractivity contribution in [1.82, 2.24) is 5.32 Å². The molecule has 0 unspecified atom stereocenters. The molecule has 1 aliphatic heterocycles. The highest BCUT2D eigenvalue weighted by Crippen LogP contribution is 2.35. The van der Waals surface area contributed by atoms with E-state index in [0.717, 1.165) is 44.3 Å². The summed E-state index contributed by atoms with van der Waals surface area (Å²) in [7, 11) is 0. The molecule has 0 aromatic heterocycles. The second-order valence-corrected chi connectivity index (χ2v) is 5.86. The lowest BCUT2D eigenvalue weighted by Crippen LogP contribution is -2.43. The van der Waals surface area contributed by atoms with E-state index in [1.807, 2.05) is 24.3 Å². The molecule has 3 nitrogen and oxygen atoms in total. The van der Waals surface area contributed by atoms with Gasteiger partial charge in [-0.1, -0.05) is 43.1 Å². The average Bonchev–Trinajstić information content (AvgIpc) is 2.47. The van der Waals surface area contributed by atoms with Gasteiger partial charge in [0, 0.05) is 10.6 Å². The van der Waals surface area contributed by atoms with Crippen molar-refractivity contribution in [2.24, 2.45) is 5.41 Å². The number of nitrogens with one attached hydrogen (secondary N) is 1. The van der Waals surface area contributed by atoms with Gasteiger partial charge in [-0.3, -0.25) is 4.79 Å². The van der Waals surface area contributed by atoms with Gasteiger partial charge in [-0.15, -0.1) is 0 Å². The summed E-state index contributed by atoms with van der Waals surface area (Å²) in [6, 6.07) is 7.49. The number of carbonyl (C=O) groups excluding carboxylic acids is 1. The summed E-state index contributed by atoms with van der Waals surface area (Å²) in [5, 5.41) is 3.96. The van der Waals surface area contributed by atoms with E-state index in [-0.39, 0.29) is 18.0 Å². The zero-order chi connectivity index (χ0) is 14.4. The van der Waals surface area contributed by atoms with Gasteiger partial charge in [-0.2, -0.15) is 0 Å². The molecule has 2 rings (SSSR count). The Bertz CT molecular complexity index is 450. The molecule has 1 aromatic carbocycles. The predicted molar refractivity (Wildman–Crippen MR) is 80.7 cm³/mol. The summed E-state index contributed by atoms with van der Waals surface area (Å²) in [5.41, 5.74) is 0.560. The summed E-state index contributed by atoms with van der Waals surface area (Å²) in [4.78, 5) is 12.5. The number of benzene rings is 1. The highest BCUT2D eigenvalue weighted by molar-refractivity contribution is 6.31. The summed E-state index contributed by atoms with van der Waals surface area (Å²) in [6.07, 6.45) is 3.63. The molecule has 4 heteroatoms. The molecule has 0 spiro atoms. The minimum Gasteiger partial charge on any atom is -0.460 e. The molecule has 110 valence electrons. The zero-order valence-electron chi connectivity index (χ0n) is 12.0. The molecule has 0 radical (unpaired) electrons. The first-order valence-corrected chi connectivity index (χ1v) is 7.67. The lowest BCUT2D eigenvalue weighted by molar-refractivity contribution is -0.159. The highest BCUT2D eigenvalue weighted by atomic mass is 35.5. The van der Waals surface area contributed by atoms with Gasteiger partial charge in [-0.05, 0) is 38.4 Å². The van der Waals surface area contributed by atoms with Gasteiger partial charge in [0.05, 0.1) is 5.41 Å². The Morgan fingerprint density at radius 1 is 1.35 bits per heavy atom. The molecule has 0 saturated carbocycles. The van der Waals surface area contributed by atoms with Gasteiger partial charge in [0.2, 0.25) is 0 Å². The van der Waals surface area contributed by atoms with E-state index in [0.29, 0.717) is 5.02 Å². The lowest BCUT2D eigenvalue weighted by Gasteiger charge is -2.35. The van der Waals surface area contributed by atoms with Crippen molar-refractivity contribution in [3.05, 3.63) is 34.9 Å². The number of esters is 1. The van der Waals surface area contributed by atoms with Crippen LogP contribution in [0, 0.1) is 5.41 Å². The van der Waals surface area contributed by atoms with Gasteiger partial charge in [-0.25, -0.2) is 0 Å². The molecular weight excluding hydrogens is 274 g/mol. The second kappa shape index (κ2) is 7.09. The Labute approximate surface area is 125 Å². The monoisotopic (exact) mass is 295 g/mol. The quantitative estimate of drug-likeness (QED) is 0.844. The molecule has 1 N–H and O–H groups in total. The van der Waals surface area contributed by atoms with Crippen molar-refractivity contribution in [1.29, 1.82) is 0 Å². The third-order valence-corrected chi connectivity index (χ3v) is 4.41. The Balaban J connectivity index is 2.00. The van der Waals surface area contributed by atoms with E-state index < -0.39 is 0 Å². The maximum absolute atomic E-state index is 12.5. The number of ether oxygens (including phenoxy) is 1. The van der Waals surface area contributed by atoms with Crippen LogP contribution in [0.3, 0.4) is 0 Å². The van der Waals surface area contributed by atoms with Crippen LogP contribution in [0.1, 0.15) is 38.2 Å². The maximum atomic E-state index is 12.5. The smallest absolute Gasteiger partial charge is 0.312 e. The molecule has 1 fully saturated rings. The number of halogens is 1. The van der Waals surface area contributed by atoms with Crippen molar-refractivity contribution in [3.8, 4) is 0 Å². The highest BCUT2D eigenvalue weighted by Gasteiger charge is 2.40. The standard InChI is InChI=1S/C16H22ClNO2/c1-2-7-16(8-10-18-11-9-16)15(19)20-12-13-5-3-4-6-14(13)17/h3-6,18H,2,7-12H2,1H3. The van der Waals surface area contributed by atoms with Crippen LogP contribution in [-0.2, 0) is 16.1 Å². The van der Waals surface area contributed by atoms with Crippen LogP contribution in [-0.4, -0.2) is 19.1 Å². The van der Waals surface area contributed by atoms with Crippen molar-refractivity contribution >= 4 is 17.6 Å². The first kappa shape index (κ1) is 15.3. The van der Waals surface area contributed by atoms with Gasteiger partial charge in [0.15, 0.2) is 0 Å². The molecule has 1 heterocycles. The first-order chi connectivity index (χ1) is 9.68.